The van der Waals surface area contributed by atoms with Crippen LogP contribution in [0, 0.1) is 0 Å². The van der Waals surface area contributed by atoms with E-state index in [1.165, 1.54) is 6.42 Å². The summed E-state index contributed by atoms with van der Waals surface area (Å²) in [5, 5.41) is 22.4. The molecule has 8 nitrogen and oxygen atoms in total. The molecule has 3 amide bonds. The second kappa shape index (κ2) is 19.1. The predicted molar refractivity (Wildman–Crippen MR) is 213 cm³/mol. The minimum Gasteiger partial charge on any atom is -0.369 e. The predicted octanol–water partition coefficient (Wildman–Crippen LogP) is 11.8. The fraction of sp³-hybridized carbons (Fsp3) is 0.378. The zero-order valence-electron chi connectivity index (χ0n) is 36.8. The highest BCUT2D eigenvalue weighted by Gasteiger charge is 2.74. The van der Waals surface area contributed by atoms with Crippen LogP contribution in [0.2, 0.25) is 0 Å². The quantitative estimate of drug-likeness (QED) is 0.0826. The average Bonchev–Trinajstić information content (AvgIpc) is 3.51. The van der Waals surface area contributed by atoms with Gasteiger partial charge >= 0.3 is 37.1 Å². The van der Waals surface area contributed by atoms with Crippen LogP contribution in [-0.4, -0.2) is 78.3 Å². The van der Waals surface area contributed by atoms with Crippen molar-refractivity contribution < 1.29 is 108 Å². The van der Waals surface area contributed by atoms with Crippen molar-refractivity contribution in [3.05, 3.63) is 134 Å². The molecule has 0 fully saturated rings. The highest BCUT2D eigenvalue weighted by molar-refractivity contribution is 6.21. The first-order chi connectivity index (χ1) is 32.1. The Labute approximate surface area is 389 Å². The summed E-state index contributed by atoms with van der Waals surface area (Å²) in [6.07, 6.45) is -39.9. The molecule has 5 rings (SSSR count). The van der Waals surface area contributed by atoms with Crippen molar-refractivity contribution in [2.75, 3.05) is 11.9 Å². The molecular formula is C45H36F18N2O6. The number of alkyl halides is 18. The number of imide groups is 1. The first-order valence-electron chi connectivity index (χ1n) is 20.1. The molecule has 0 aromatic heterocycles. The van der Waals surface area contributed by atoms with Gasteiger partial charge in [-0.05, 0) is 70.5 Å². The second-order valence-electron chi connectivity index (χ2n) is 16.3. The molecule has 71 heavy (non-hydrogen) atoms. The molecule has 1 aliphatic rings. The normalized spacial score (nSPS) is 14.2. The number of anilines is 1. The highest BCUT2D eigenvalue weighted by atomic mass is 19.4. The Bertz CT molecular complexity index is 2660. The van der Waals surface area contributed by atoms with E-state index in [-0.39, 0.29) is 59.7 Å². The third-order valence-electron chi connectivity index (χ3n) is 11.2. The molecule has 0 unspecified atom stereocenters. The monoisotopic (exact) mass is 1040 g/mol. The van der Waals surface area contributed by atoms with Crippen molar-refractivity contribution in [3.63, 3.8) is 0 Å². The van der Waals surface area contributed by atoms with Crippen molar-refractivity contribution in [2.45, 2.75) is 100 Å². The van der Waals surface area contributed by atoms with Gasteiger partial charge in [0.1, 0.15) is 0 Å². The van der Waals surface area contributed by atoms with E-state index < -0.39 is 151 Å². The van der Waals surface area contributed by atoms with Gasteiger partial charge in [-0.3, -0.25) is 24.5 Å². The lowest BCUT2D eigenvalue weighted by atomic mass is 9.71. The van der Waals surface area contributed by atoms with Gasteiger partial charge in [0.15, 0.2) is 6.29 Å². The maximum Gasteiger partial charge on any atom is 0.430 e. The van der Waals surface area contributed by atoms with Crippen LogP contribution in [0.4, 0.5) is 84.7 Å². The molecule has 0 saturated carbocycles. The summed E-state index contributed by atoms with van der Waals surface area (Å²) < 4.78 is 262. The summed E-state index contributed by atoms with van der Waals surface area (Å²) in [7, 11) is 0.304. The van der Waals surface area contributed by atoms with Crippen molar-refractivity contribution in [1.29, 1.82) is 0 Å². The number of halogens is 18. The van der Waals surface area contributed by atoms with E-state index in [1.807, 2.05) is 0 Å². The molecule has 0 radical (unpaired) electrons. The number of aldehydes is 1. The number of hydrogen-bond donors (Lipinski definition) is 3. The molecule has 3 N–H and O–H groups in total. The van der Waals surface area contributed by atoms with Crippen LogP contribution >= 0.6 is 0 Å². The van der Waals surface area contributed by atoms with Crippen molar-refractivity contribution >= 4 is 29.7 Å². The number of amides is 3. The van der Waals surface area contributed by atoms with E-state index in [0.717, 1.165) is 19.9 Å². The molecule has 388 valence electrons. The Morgan fingerprint density at radius 3 is 1.46 bits per heavy atom. The van der Waals surface area contributed by atoms with Gasteiger partial charge < -0.3 is 15.1 Å². The molecule has 26 heteroatoms. The molecule has 0 bridgehead atoms. The minimum absolute atomic E-state index is 0.0373. The van der Waals surface area contributed by atoms with E-state index in [0.29, 0.717) is 25.2 Å². The number of carbonyl (C=O) groups is 4. The van der Waals surface area contributed by atoms with E-state index in [4.69, 9.17) is 0 Å². The zero-order chi connectivity index (χ0) is 54.6. The van der Waals surface area contributed by atoms with Gasteiger partial charge in [-0.2, -0.15) is 79.0 Å². The topological polar surface area (TPSA) is 124 Å². The summed E-state index contributed by atoms with van der Waals surface area (Å²) in [5.74, 6) is -5.94. The molecule has 4 aromatic rings. The number of hydrogen-bond acceptors (Lipinski definition) is 6. The molecule has 1 heterocycles. The van der Waals surface area contributed by atoms with Crippen LogP contribution < -0.4 is 10.2 Å². The zero-order valence-corrected chi connectivity index (χ0v) is 36.8. The Hall–Kier alpha value is -6.18. The highest BCUT2D eigenvalue weighted by Crippen LogP contribution is 2.58. The average molecular weight is 1040 g/mol. The summed E-state index contributed by atoms with van der Waals surface area (Å²) in [6, 6.07) is 2.75. The third-order valence-corrected chi connectivity index (χ3v) is 11.2. The lowest BCUT2D eigenvalue weighted by molar-refractivity contribution is -0.376. The van der Waals surface area contributed by atoms with E-state index >= 15 is 26.3 Å². The summed E-state index contributed by atoms with van der Waals surface area (Å²) in [4.78, 5) is 50.2. The number of aliphatic hydroxyl groups is 2. The molecule has 0 saturated heterocycles. The Kier molecular flexibility index (Phi) is 15.4. The largest absolute Gasteiger partial charge is 0.430 e. The standard InChI is InChI=1S/C42H28F18N2O6.C3H8/c1-18(2)24-9-4-19(13-28(24)35(67,39(49,50)51)40(52,53)54)12-20-5-11-30(29(14-20)36(68,41(55,56)57)42(58,59)60)62(3)33(66)26-15-22(7-6-21(26)17-63)34(37(43,44)45,38(46,47)48)23-8-10-25-27(16-23)32(65)61-31(25)64;1-3-2/h4-11,13-18,67-68H,12H2,1-3H3,(H,61,64,65);3H2,1-2H3. The number of carbonyl (C=O) groups excluding carboxylic acids is 4. The number of rotatable bonds is 10. The Morgan fingerprint density at radius 1 is 0.592 bits per heavy atom. The molecule has 4 aromatic carbocycles. The van der Waals surface area contributed by atoms with Crippen LogP contribution in [0.1, 0.15) is 120 Å². The maximum absolute atomic E-state index is 15.1. The number of benzene rings is 4. The van der Waals surface area contributed by atoms with Gasteiger partial charge in [-0.25, -0.2) is 0 Å². The van der Waals surface area contributed by atoms with Gasteiger partial charge in [-0.15, -0.1) is 0 Å². The van der Waals surface area contributed by atoms with E-state index in [9.17, 15) is 82.1 Å². The summed E-state index contributed by atoms with van der Waals surface area (Å²) in [6.45, 7) is 6.47. The van der Waals surface area contributed by atoms with Gasteiger partial charge in [0.05, 0.1) is 22.4 Å². The van der Waals surface area contributed by atoms with Crippen LogP contribution in [0.15, 0.2) is 72.8 Å². The summed E-state index contributed by atoms with van der Waals surface area (Å²) in [5.41, 5.74) is -33.3. The van der Waals surface area contributed by atoms with E-state index in [1.54, 1.807) is 5.32 Å². The lowest BCUT2D eigenvalue weighted by Gasteiger charge is -2.39. The van der Waals surface area contributed by atoms with Crippen molar-refractivity contribution in [2.24, 2.45) is 0 Å². The fourth-order valence-corrected chi connectivity index (χ4v) is 7.72. The lowest BCUT2D eigenvalue weighted by Crippen LogP contribution is -2.55. The van der Waals surface area contributed by atoms with Gasteiger partial charge in [-0.1, -0.05) is 76.6 Å². The second-order valence-corrected chi connectivity index (χ2v) is 16.3. The Balaban J connectivity index is 0.00000356. The molecular weight excluding hydrogens is 1010 g/mol. The first-order valence-corrected chi connectivity index (χ1v) is 20.1. The van der Waals surface area contributed by atoms with Crippen molar-refractivity contribution in [3.8, 4) is 0 Å². The van der Waals surface area contributed by atoms with Crippen LogP contribution in [0.5, 0.6) is 0 Å². The van der Waals surface area contributed by atoms with Crippen LogP contribution in [-0.2, 0) is 23.0 Å². The van der Waals surface area contributed by atoms with Crippen LogP contribution in [0.25, 0.3) is 0 Å². The van der Waals surface area contributed by atoms with Gasteiger partial charge in [0.25, 0.3) is 28.9 Å². The number of nitrogens with zero attached hydrogens (tertiary/aromatic N) is 1. The third kappa shape index (κ3) is 9.79. The first kappa shape index (κ1) is 57.4. The smallest absolute Gasteiger partial charge is 0.369 e. The summed E-state index contributed by atoms with van der Waals surface area (Å²) >= 11 is 0. The molecule has 1 aliphatic heterocycles. The number of nitrogens with one attached hydrogen (secondary N) is 1. The molecule has 0 aliphatic carbocycles. The van der Waals surface area contributed by atoms with E-state index in [2.05, 4.69) is 13.8 Å². The molecule has 0 spiro atoms. The van der Waals surface area contributed by atoms with Gasteiger partial charge in [0.2, 0.25) is 5.41 Å². The molecule has 0 atom stereocenters. The van der Waals surface area contributed by atoms with Crippen molar-refractivity contribution in [1.82, 2.24) is 5.32 Å². The van der Waals surface area contributed by atoms with Crippen LogP contribution in [0.3, 0.4) is 0 Å². The minimum atomic E-state index is -6.84. The van der Waals surface area contributed by atoms with Gasteiger partial charge in [0, 0.05) is 23.7 Å². The Morgan fingerprint density at radius 2 is 1.01 bits per heavy atom. The maximum atomic E-state index is 15.1. The number of fused-ring (bicyclic) bond motifs is 1. The SMILES string of the molecule is CC(C)c1ccc(Cc2ccc(N(C)C(=O)c3cc(C(c4ccc5c(c4)C(=O)NC5=O)(C(F)(F)F)C(F)(F)F)ccc3C=O)c(C(O)(C(F)(F)F)C(F)(F)F)c2)cc1C(O)(C(F)(F)F)C(F)(F)F.CCC. The fourth-order valence-electron chi connectivity index (χ4n) is 7.72.